The fourth-order valence-electron chi connectivity index (χ4n) is 3.25. The molecule has 1 unspecified atom stereocenters. The van der Waals surface area contributed by atoms with E-state index in [0.29, 0.717) is 21.5 Å². The van der Waals surface area contributed by atoms with E-state index >= 15 is 0 Å². The summed E-state index contributed by atoms with van der Waals surface area (Å²) in [6, 6.07) is 13.6. The van der Waals surface area contributed by atoms with Gasteiger partial charge in [-0.2, -0.15) is 0 Å². The zero-order valence-corrected chi connectivity index (χ0v) is 19.2. The fourth-order valence-corrected chi connectivity index (χ4v) is 4.42. The van der Waals surface area contributed by atoms with Crippen LogP contribution in [0.1, 0.15) is 30.2 Å². The first-order valence-corrected chi connectivity index (χ1v) is 11.2. The van der Waals surface area contributed by atoms with E-state index in [1.807, 2.05) is 29.6 Å². The quantitative estimate of drug-likeness (QED) is 0.381. The standard InChI is InChI=1S/C23H18BrN3O3S/c1-13(21(29)26-18-5-3-4-16(10-18)14(2)28)27-12-25-22-20(23(27)30)19(11-31-22)15-6-8-17(24)9-7-15/h3-13H,1-2H3,(H,26,29). The fraction of sp³-hybridized carbons (Fsp3) is 0.130. The lowest BCUT2D eigenvalue weighted by Crippen LogP contribution is -2.31. The van der Waals surface area contributed by atoms with Gasteiger partial charge in [0.15, 0.2) is 5.78 Å². The third-order valence-corrected chi connectivity index (χ3v) is 6.42. The predicted molar refractivity (Wildman–Crippen MR) is 127 cm³/mol. The number of carbonyl (C=O) groups excluding carboxylic acids is 2. The zero-order chi connectivity index (χ0) is 22.1. The van der Waals surface area contributed by atoms with Gasteiger partial charge in [0.2, 0.25) is 5.91 Å². The number of hydrogen-bond acceptors (Lipinski definition) is 5. The van der Waals surface area contributed by atoms with Gasteiger partial charge < -0.3 is 5.32 Å². The second kappa shape index (κ2) is 8.56. The number of hydrogen-bond donors (Lipinski definition) is 1. The van der Waals surface area contributed by atoms with Crippen molar-refractivity contribution in [2.45, 2.75) is 19.9 Å². The number of ketones is 1. The molecule has 0 spiro atoms. The Balaban J connectivity index is 1.68. The average molecular weight is 496 g/mol. The van der Waals surface area contributed by atoms with Crippen molar-refractivity contribution < 1.29 is 9.59 Å². The summed E-state index contributed by atoms with van der Waals surface area (Å²) in [5, 5.41) is 5.18. The Kier molecular flexibility index (Phi) is 5.84. The normalized spacial score (nSPS) is 12.0. The molecule has 0 aliphatic rings. The van der Waals surface area contributed by atoms with Crippen LogP contribution in [-0.4, -0.2) is 21.2 Å². The van der Waals surface area contributed by atoms with Crippen LogP contribution in [0.3, 0.4) is 0 Å². The van der Waals surface area contributed by atoms with Crippen LogP contribution < -0.4 is 10.9 Å². The van der Waals surface area contributed by atoms with Gasteiger partial charge >= 0.3 is 0 Å². The lowest BCUT2D eigenvalue weighted by Gasteiger charge is -2.15. The molecule has 0 saturated carbocycles. The highest BCUT2D eigenvalue weighted by atomic mass is 79.9. The SMILES string of the molecule is CC(=O)c1cccc(NC(=O)C(C)n2cnc3scc(-c4ccc(Br)cc4)c3c2=O)c1. The lowest BCUT2D eigenvalue weighted by atomic mass is 10.1. The molecule has 2 heterocycles. The van der Waals surface area contributed by atoms with Gasteiger partial charge in [-0.3, -0.25) is 19.0 Å². The number of benzene rings is 2. The monoisotopic (exact) mass is 495 g/mol. The molecule has 2 aromatic heterocycles. The van der Waals surface area contributed by atoms with Crippen molar-refractivity contribution in [1.29, 1.82) is 0 Å². The van der Waals surface area contributed by atoms with Crippen molar-refractivity contribution in [3.05, 3.63) is 80.6 Å². The molecule has 0 aliphatic carbocycles. The first kappa shape index (κ1) is 21.1. The van der Waals surface area contributed by atoms with Crippen molar-refractivity contribution in [2.75, 3.05) is 5.32 Å². The van der Waals surface area contributed by atoms with Gasteiger partial charge in [0, 0.05) is 26.7 Å². The van der Waals surface area contributed by atoms with Crippen molar-refractivity contribution in [3.8, 4) is 11.1 Å². The lowest BCUT2D eigenvalue weighted by molar-refractivity contribution is -0.118. The van der Waals surface area contributed by atoms with E-state index in [9.17, 15) is 14.4 Å². The third kappa shape index (κ3) is 4.22. The average Bonchev–Trinajstić information content (AvgIpc) is 3.19. The van der Waals surface area contributed by atoms with Gasteiger partial charge in [0.1, 0.15) is 10.9 Å². The van der Waals surface area contributed by atoms with Crippen molar-refractivity contribution in [3.63, 3.8) is 0 Å². The Hall–Kier alpha value is -3.10. The highest BCUT2D eigenvalue weighted by molar-refractivity contribution is 9.10. The molecule has 1 atom stereocenters. The molecule has 8 heteroatoms. The second-order valence-electron chi connectivity index (χ2n) is 7.10. The summed E-state index contributed by atoms with van der Waals surface area (Å²) in [6.45, 7) is 3.11. The molecule has 2 aromatic carbocycles. The summed E-state index contributed by atoms with van der Waals surface area (Å²) in [6.07, 6.45) is 1.41. The maximum atomic E-state index is 13.3. The molecule has 0 saturated heterocycles. The van der Waals surface area contributed by atoms with E-state index in [1.165, 1.54) is 29.2 Å². The number of thiophene rings is 1. The predicted octanol–water partition coefficient (Wildman–Crippen LogP) is 5.29. The summed E-state index contributed by atoms with van der Waals surface area (Å²) in [7, 11) is 0. The molecule has 0 bridgehead atoms. The van der Waals surface area contributed by atoms with Gasteiger partial charge in [-0.15, -0.1) is 11.3 Å². The minimum atomic E-state index is -0.789. The summed E-state index contributed by atoms with van der Waals surface area (Å²) in [5.74, 6) is -0.461. The zero-order valence-electron chi connectivity index (χ0n) is 16.8. The molecule has 4 aromatic rings. The number of anilines is 1. The first-order chi connectivity index (χ1) is 14.8. The number of carbonyl (C=O) groups is 2. The second-order valence-corrected chi connectivity index (χ2v) is 8.87. The Morgan fingerprint density at radius 1 is 1.16 bits per heavy atom. The molecular formula is C23H18BrN3O3S. The van der Waals surface area contributed by atoms with E-state index in [-0.39, 0.29) is 17.2 Å². The number of aromatic nitrogens is 2. The van der Waals surface area contributed by atoms with Crippen LogP contribution in [0.4, 0.5) is 5.69 Å². The Morgan fingerprint density at radius 3 is 2.61 bits per heavy atom. The number of Topliss-reactive ketones (excluding diaryl/α,β-unsaturated/α-hetero) is 1. The van der Waals surface area contributed by atoms with E-state index in [0.717, 1.165) is 15.6 Å². The minimum absolute atomic E-state index is 0.0899. The molecule has 0 fully saturated rings. The van der Waals surface area contributed by atoms with Crippen LogP contribution in [0.25, 0.3) is 21.3 Å². The first-order valence-electron chi connectivity index (χ1n) is 9.51. The molecule has 1 N–H and O–H groups in total. The highest BCUT2D eigenvalue weighted by Gasteiger charge is 2.20. The molecule has 4 rings (SSSR count). The van der Waals surface area contributed by atoms with Crippen LogP contribution in [0, 0.1) is 0 Å². The number of halogens is 1. The van der Waals surface area contributed by atoms with Crippen molar-refractivity contribution in [1.82, 2.24) is 9.55 Å². The molecule has 0 aliphatic heterocycles. The Labute approximate surface area is 190 Å². The molecule has 6 nitrogen and oxygen atoms in total. The molecule has 1 amide bonds. The summed E-state index contributed by atoms with van der Waals surface area (Å²) in [4.78, 5) is 42.7. The van der Waals surface area contributed by atoms with Gasteiger partial charge in [0.05, 0.1) is 11.7 Å². The van der Waals surface area contributed by atoms with Gasteiger partial charge in [0.25, 0.3) is 5.56 Å². The molecule has 156 valence electrons. The number of nitrogens with zero attached hydrogens (tertiary/aromatic N) is 2. The van der Waals surface area contributed by atoms with Crippen molar-refractivity contribution in [2.24, 2.45) is 0 Å². The maximum Gasteiger partial charge on any atom is 0.263 e. The van der Waals surface area contributed by atoms with E-state index in [1.54, 1.807) is 31.2 Å². The maximum absolute atomic E-state index is 13.3. The minimum Gasteiger partial charge on any atom is -0.324 e. The third-order valence-electron chi connectivity index (χ3n) is 5.01. The number of fused-ring (bicyclic) bond motifs is 1. The van der Waals surface area contributed by atoms with Gasteiger partial charge in [-0.25, -0.2) is 4.98 Å². The molecular weight excluding hydrogens is 478 g/mol. The summed E-state index contributed by atoms with van der Waals surface area (Å²) >= 11 is 4.81. The Morgan fingerprint density at radius 2 is 1.90 bits per heavy atom. The summed E-state index contributed by atoms with van der Waals surface area (Å²) in [5.41, 5.74) is 2.43. The van der Waals surface area contributed by atoms with Crippen LogP contribution >= 0.6 is 27.3 Å². The summed E-state index contributed by atoms with van der Waals surface area (Å²) < 4.78 is 2.28. The number of rotatable bonds is 5. The number of nitrogens with one attached hydrogen (secondary N) is 1. The van der Waals surface area contributed by atoms with Gasteiger partial charge in [-0.1, -0.05) is 40.2 Å². The molecule has 31 heavy (non-hydrogen) atoms. The van der Waals surface area contributed by atoms with E-state index in [4.69, 9.17) is 0 Å². The van der Waals surface area contributed by atoms with E-state index < -0.39 is 6.04 Å². The van der Waals surface area contributed by atoms with Crippen molar-refractivity contribution >= 4 is 54.9 Å². The van der Waals surface area contributed by atoms with Crippen LogP contribution in [0.2, 0.25) is 0 Å². The van der Waals surface area contributed by atoms with Crippen LogP contribution in [0.15, 0.2) is 69.5 Å². The van der Waals surface area contributed by atoms with E-state index in [2.05, 4.69) is 26.2 Å². The van der Waals surface area contributed by atoms with Crippen LogP contribution in [0.5, 0.6) is 0 Å². The van der Waals surface area contributed by atoms with Crippen LogP contribution in [-0.2, 0) is 4.79 Å². The number of amides is 1. The van der Waals surface area contributed by atoms with Gasteiger partial charge in [-0.05, 0) is 43.7 Å². The smallest absolute Gasteiger partial charge is 0.263 e. The largest absolute Gasteiger partial charge is 0.324 e. The Bertz CT molecular complexity index is 1360. The topological polar surface area (TPSA) is 81.1 Å². The molecule has 0 radical (unpaired) electrons. The highest BCUT2D eigenvalue weighted by Crippen LogP contribution is 2.31.